The number of hydrogen-bond donors (Lipinski definition) is 1. The summed E-state index contributed by atoms with van der Waals surface area (Å²) < 4.78 is 0. The Balaban J connectivity index is 1.48. The van der Waals surface area contributed by atoms with Gasteiger partial charge in [-0.05, 0) is 49.9 Å². The number of carbonyl (C=O) groups excluding carboxylic acids is 1. The third kappa shape index (κ3) is 3.34. The van der Waals surface area contributed by atoms with E-state index in [2.05, 4.69) is 21.2 Å². The molecule has 0 aliphatic heterocycles. The van der Waals surface area contributed by atoms with Crippen LogP contribution in [0.5, 0.6) is 0 Å². The standard InChI is InChI=1S/C16H26BrNO/c17-14-4-2-1-3-5-15(14)18-16(19)10-13-9-11-6-7-12(13)8-11/h11-15H,1-10H2,(H,18,19). The summed E-state index contributed by atoms with van der Waals surface area (Å²) in [6.45, 7) is 0. The first-order valence-electron chi connectivity index (χ1n) is 8.16. The molecule has 2 nitrogen and oxygen atoms in total. The van der Waals surface area contributed by atoms with Crippen LogP contribution in [0, 0.1) is 17.8 Å². The smallest absolute Gasteiger partial charge is 0.220 e. The number of fused-ring (bicyclic) bond motifs is 2. The zero-order valence-corrected chi connectivity index (χ0v) is 13.3. The molecule has 3 aliphatic carbocycles. The van der Waals surface area contributed by atoms with E-state index >= 15 is 0 Å². The SMILES string of the molecule is O=C(CC1CC2CCC1C2)NC1CCCCCC1Br. The molecule has 19 heavy (non-hydrogen) atoms. The van der Waals surface area contributed by atoms with Gasteiger partial charge in [0.1, 0.15) is 0 Å². The predicted octanol–water partition coefficient (Wildman–Crippen LogP) is 4.03. The van der Waals surface area contributed by atoms with Crippen LogP contribution in [0.1, 0.15) is 64.2 Å². The molecule has 3 rings (SSSR count). The lowest BCUT2D eigenvalue weighted by Gasteiger charge is -2.25. The molecule has 0 aromatic rings. The van der Waals surface area contributed by atoms with E-state index in [0.29, 0.717) is 22.7 Å². The van der Waals surface area contributed by atoms with Crippen LogP contribution in [0.15, 0.2) is 0 Å². The first kappa shape index (κ1) is 13.9. The molecular formula is C16H26BrNO. The maximum atomic E-state index is 12.3. The molecule has 1 N–H and O–H groups in total. The minimum absolute atomic E-state index is 0.314. The average molecular weight is 328 g/mol. The minimum atomic E-state index is 0.314. The number of alkyl halides is 1. The van der Waals surface area contributed by atoms with Crippen molar-refractivity contribution < 1.29 is 4.79 Å². The zero-order chi connectivity index (χ0) is 13.2. The highest BCUT2D eigenvalue weighted by atomic mass is 79.9. The van der Waals surface area contributed by atoms with Crippen LogP contribution in [0.25, 0.3) is 0 Å². The Kier molecular flexibility index (Phi) is 4.51. The van der Waals surface area contributed by atoms with Gasteiger partial charge in [-0.1, -0.05) is 41.6 Å². The van der Waals surface area contributed by atoms with Crippen LogP contribution in [0.2, 0.25) is 0 Å². The molecule has 5 unspecified atom stereocenters. The lowest BCUT2D eigenvalue weighted by atomic mass is 9.86. The van der Waals surface area contributed by atoms with Gasteiger partial charge in [-0.2, -0.15) is 0 Å². The molecule has 0 aromatic carbocycles. The number of nitrogens with one attached hydrogen (secondary N) is 1. The van der Waals surface area contributed by atoms with Gasteiger partial charge in [0, 0.05) is 17.3 Å². The Morgan fingerprint density at radius 2 is 1.89 bits per heavy atom. The van der Waals surface area contributed by atoms with Crippen LogP contribution in [-0.4, -0.2) is 16.8 Å². The van der Waals surface area contributed by atoms with Crippen LogP contribution in [0.4, 0.5) is 0 Å². The Labute approximate surface area is 125 Å². The van der Waals surface area contributed by atoms with Gasteiger partial charge in [0.25, 0.3) is 0 Å². The quantitative estimate of drug-likeness (QED) is 0.615. The third-order valence-corrected chi connectivity index (χ3v) is 6.71. The Morgan fingerprint density at radius 1 is 1.05 bits per heavy atom. The van der Waals surface area contributed by atoms with Crippen LogP contribution in [-0.2, 0) is 4.79 Å². The molecule has 108 valence electrons. The summed E-state index contributed by atoms with van der Waals surface area (Å²) in [7, 11) is 0. The number of hydrogen-bond acceptors (Lipinski definition) is 1. The first-order chi connectivity index (χ1) is 9.22. The number of halogens is 1. The summed E-state index contributed by atoms with van der Waals surface area (Å²) >= 11 is 3.76. The molecule has 2 bridgehead atoms. The number of rotatable bonds is 3. The minimum Gasteiger partial charge on any atom is -0.352 e. The van der Waals surface area contributed by atoms with Crippen molar-refractivity contribution in [1.29, 1.82) is 0 Å². The Bertz CT molecular complexity index is 333. The molecule has 0 saturated heterocycles. The topological polar surface area (TPSA) is 29.1 Å². The van der Waals surface area contributed by atoms with E-state index in [1.54, 1.807) is 0 Å². The summed E-state index contributed by atoms with van der Waals surface area (Å²) in [5.74, 6) is 2.82. The molecule has 3 heteroatoms. The van der Waals surface area contributed by atoms with Crippen LogP contribution >= 0.6 is 15.9 Å². The van der Waals surface area contributed by atoms with Gasteiger partial charge < -0.3 is 5.32 Å². The highest BCUT2D eigenvalue weighted by Crippen LogP contribution is 2.49. The van der Waals surface area contributed by atoms with Crippen molar-refractivity contribution in [2.45, 2.75) is 75.1 Å². The summed E-state index contributed by atoms with van der Waals surface area (Å²) in [6, 6.07) is 0.369. The Morgan fingerprint density at radius 3 is 2.63 bits per heavy atom. The van der Waals surface area contributed by atoms with Crippen molar-refractivity contribution in [3.8, 4) is 0 Å². The summed E-state index contributed by atoms with van der Waals surface area (Å²) in [4.78, 5) is 12.8. The zero-order valence-electron chi connectivity index (χ0n) is 11.7. The normalized spacial score (nSPS) is 42.1. The molecule has 0 heterocycles. The largest absolute Gasteiger partial charge is 0.352 e. The molecular weight excluding hydrogens is 302 g/mol. The van der Waals surface area contributed by atoms with Crippen molar-refractivity contribution in [2.24, 2.45) is 17.8 Å². The Hall–Kier alpha value is -0.0500. The summed E-state index contributed by atoms with van der Waals surface area (Å²) in [5.41, 5.74) is 0. The van der Waals surface area contributed by atoms with E-state index in [9.17, 15) is 4.79 Å². The molecule has 3 fully saturated rings. The van der Waals surface area contributed by atoms with Gasteiger partial charge in [0.15, 0.2) is 0 Å². The molecule has 0 aromatic heterocycles. The van der Waals surface area contributed by atoms with Gasteiger partial charge in [0.2, 0.25) is 5.91 Å². The van der Waals surface area contributed by atoms with E-state index < -0.39 is 0 Å². The van der Waals surface area contributed by atoms with Gasteiger partial charge in [-0.25, -0.2) is 0 Å². The fourth-order valence-electron chi connectivity index (χ4n) is 4.56. The van der Waals surface area contributed by atoms with E-state index in [1.807, 2.05) is 0 Å². The fourth-order valence-corrected chi connectivity index (χ4v) is 5.28. The van der Waals surface area contributed by atoms with Crippen molar-refractivity contribution in [3.05, 3.63) is 0 Å². The van der Waals surface area contributed by atoms with E-state index in [1.165, 1.54) is 51.4 Å². The van der Waals surface area contributed by atoms with Gasteiger partial charge in [-0.15, -0.1) is 0 Å². The highest BCUT2D eigenvalue weighted by molar-refractivity contribution is 9.09. The van der Waals surface area contributed by atoms with Crippen molar-refractivity contribution in [2.75, 3.05) is 0 Å². The second-order valence-corrected chi connectivity index (χ2v) is 8.14. The van der Waals surface area contributed by atoms with Crippen molar-refractivity contribution >= 4 is 21.8 Å². The summed E-state index contributed by atoms with van der Waals surface area (Å²) in [5, 5.41) is 3.31. The molecule has 3 saturated carbocycles. The molecule has 0 spiro atoms. The van der Waals surface area contributed by atoms with E-state index in [0.717, 1.165) is 24.7 Å². The second kappa shape index (κ2) is 6.15. The van der Waals surface area contributed by atoms with Crippen molar-refractivity contribution in [1.82, 2.24) is 5.32 Å². The molecule has 1 amide bonds. The maximum absolute atomic E-state index is 12.3. The summed E-state index contributed by atoms with van der Waals surface area (Å²) in [6.07, 6.45) is 12.6. The monoisotopic (exact) mass is 327 g/mol. The lowest BCUT2D eigenvalue weighted by molar-refractivity contribution is -0.123. The van der Waals surface area contributed by atoms with Crippen LogP contribution < -0.4 is 5.32 Å². The number of carbonyl (C=O) groups is 1. The number of amides is 1. The van der Waals surface area contributed by atoms with Gasteiger partial charge in [0.05, 0.1) is 0 Å². The second-order valence-electron chi connectivity index (χ2n) is 6.97. The van der Waals surface area contributed by atoms with E-state index in [4.69, 9.17) is 0 Å². The van der Waals surface area contributed by atoms with Crippen molar-refractivity contribution in [3.63, 3.8) is 0 Å². The molecule has 5 atom stereocenters. The fraction of sp³-hybridized carbons (Fsp3) is 0.938. The van der Waals surface area contributed by atoms with Gasteiger partial charge >= 0.3 is 0 Å². The maximum Gasteiger partial charge on any atom is 0.220 e. The third-order valence-electron chi connectivity index (χ3n) is 5.61. The lowest BCUT2D eigenvalue weighted by Crippen LogP contribution is -2.41. The van der Waals surface area contributed by atoms with E-state index in [-0.39, 0.29) is 0 Å². The van der Waals surface area contributed by atoms with Gasteiger partial charge in [-0.3, -0.25) is 4.79 Å². The predicted molar refractivity (Wildman–Crippen MR) is 81.3 cm³/mol. The van der Waals surface area contributed by atoms with Crippen LogP contribution in [0.3, 0.4) is 0 Å². The average Bonchev–Trinajstić information content (AvgIpc) is 2.93. The highest BCUT2D eigenvalue weighted by Gasteiger charge is 2.40. The molecule has 0 radical (unpaired) electrons. The molecule has 3 aliphatic rings. The first-order valence-corrected chi connectivity index (χ1v) is 9.07.